The number of amides is 1. The molecule has 3 aromatic rings. The quantitative estimate of drug-likeness (QED) is 0.504. The Hall–Kier alpha value is -3.33. The van der Waals surface area contributed by atoms with Gasteiger partial charge in [-0.25, -0.2) is 9.59 Å². The van der Waals surface area contributed by atoms with Crippen LogP contribution in [0.2, 0.25) is 0 Å². The van der Waals surface area contributed by atoms with Gasteiger partial charge in [-0.05, 0) is 34.7 Å². The number of halogens is 3. The van der Waals surface area contributed by atoms with E-state index in [0.29, 0.717) is 0 Å². The summed E-state index contributed by atoms with van der Waals surface area (Å²) in [6.07, 6.45) is -5.74. The van der Waals surface area contributed by atoms with E-state index in [2.05, 4.69) is 5.32 Å². The van der Waals surface area contributed by atoms with Crippen LogP contribution in [0.5, 0.6) is 0 Å². The number of benzene rings is 2. The number of carboxylic acids is 1. The molecule has 5 nitrogen and oxygen atoms in total. The van der Waals surface area contributed by atoms with E-state index in [1.807, 2.05) is 48.5 Å². The molecule has 2 aromatic carbocycles. The van der Waals surface area contributed by atoms with Crippen LogP contribution in [0.3, 0.4) is 0 Å². The van der Waals surface area contributed by atoms with Gasteiger partial charge in [-0.2, -0.15) is 13.2 Å². The van der Waals surface area contributed by atoms with Crippen molar-refractivity contribution < 1.29 is 32.6 Å². The Kier molecular flexibility index (Phi) is 5.22. The molecule has 0 bridgehead atoms. The van der Waals surface area contributed by atoms with Gasteiger partial charge in [0.2, 0.25) is 0 Å². The minimum Gasteiger partial charge on any atom is -0.478 e. The van der Waals surface area contributed by atoms with Gasteiger partial charge in [0.25, 0.3) is 0 Å². The Balaban J connectivity index is 1.54. The number of ether oxygens (including phenoxy) is 1. The predicted molar refractivity (Wildman–Crippen MR) is 110 cm³/mol. The minimum atomic E-state index is -4.72. The fourth-order valence-electron chi connectivity index (χ4n) is 3.86. The van der Waals surface area contributed by atoms with Gasteiger partial charge in [0.15, 0.2) is 0 Å². The van der Waals surface area contributed by atoms with E-state index in [1.54, 1.807) is 0 Å². The number of carbonyl (C=O) groups is 2. The second-order valence-corrected chi connectivity index (χ2v) is 8.03. The summed E-state index contributed by atoms with van der Waals surface area (Å²) in [7, 11) is 0. The summed E-state index contributed by atoms with van der Waals surface area (Å²) < 4.78 is 44.7. The Morgan fingerprint density at radius 1 is 1.06 bits per heavy atom. The summed E-state index contributed by atoms with van der Waals surface area (Å²) in [5.74, 6) is -1.79. The van der Waals surface area contributed by atoms with E-state index in [1.165, 1.54) is 0 Å². The van der Waals surface area contributed by atoms with E-state index in [-0.39, 0.29) is 23.9 Å². The Morgan fingerprint density at radius 2 is 1.61 bits per heavy atom. The average molecular weight is 447 g/mol. The summed E-state index contributed by atoms with van der Waals surface area (Å²) >= 11 is 0.167. The number of hydrogen-bond acceptors (Lipinski definition) is 4. The maximum absolute atomic E-state index is 13.2. The van der Waals surface area contributed by atoms with E-state index in [4.69, 9.17) is 4.74 Å². The van der Waals surface area contributed by atoms with Crippen molar-refractivity contribution in [3.63, 3.8) is 0 Å². The van der Waals surface area contributed by atoms with Crippen LogP contribution in [0.1, 0.15) is 37.8 Å². The highest BCUT2D eigenvalue weighted by Crippen LogP contribution is 2.45. The molecule has 0 saturated carbocycles. The van der Waals surface area contributed by atoms with Gasteiger partial charge < -0.3 is 9.84 Å². The van der Waals surface area contributed by atoms with E-state index >= 15 is 0 Å². The first kappa shape index (κ1) is 20.9. The molecule has 4 rings (SSSR count). The van der Waals surface area contributed by atoms with Crippen molar-refractivity contribution in [2.24, 2.45) is 0 Å². The molecule has 0 atom stereocenters. The smallest absolute Gasteiger partial charge is 0.425 e. The van der Waals surface area contributed by atoms with Crippen LogP contribution in [0.25, 0.3) is 11.1 Å². The third kappa shape index (κ3) is 3.76. The maximum atomic E-state index is 13.2. The molecule has 1 heterocycles. The number of hydrogen-bond donors (Lipinski definition) is 2. The van der Waals surface area contributed by atoms with Gasteiger partial charge in [0.1, 0.15) is 16.5 Å². The molecule has 0 spiro atoms. The largest absolute Gasteiger partial charge is 0.478 e. The zero-order chi connectivity index (χ0) is 22.3. The molecule has 31 heavy (non-hydrogen) atoms. The lowest BCUT2D eigenvalue weighted by Gasteiger charge is -2.14. The van der Waals surface area contributed by atoms with Crippen molar-refractivity contribution in [1.82, 2.24) is 0 Å². The van der Waals surface area contributed by atoms with Crippen LogP contribution < -0.4 is 5.32 Å². The van der Waals surface area contributed by atoms with Crippen LogP contribution in [-0.4, -0.2) is 23.8 Å². The molecular weight excluding hydrogens is 431 g/mol. The molecule has 1 aromatic heterocycles. The number of nitrogens with one attached hydrogen (secondary N) is 1. The van der Waals surface area contributed by atoms with Gasteiger partial charge in [-0.1, -0.05) is 48.5 Å². The summed E-state index contributed by atoms with van der Waals surface area (Å²) in [4.78, 5) is 22.7. The number of anilines is 1. The monoisotopic (exact) mass is 447 g/mol. The predicted octanol–water partition coefficient (Wildman–Crippen LogP) is 6.13. The number of rotatable bonds is 4. The second kappa shape index (κ2) is 7.73. The average Bonchev–Trinajstić information content (AvgIpc) is 3.21. The topological polar surface area (TPSA) is 75.6 Å². The minimum absolute atomic E-state index is 0.0429. The normalized spacial score (nSPS) is 12.9. The summed E-state index contributed by atoms with van der Waals surface area (Å²) in [6, 6.07) is 15.4. The van der Waals surface area contributed by atoms with Gasteiger partial charge in [0, 0.05) is 5.92 Å². The number of alkyl halides is 3. The molecule has 0 unspecified atom stereocenters. The van der Waals surface area contributed by atoms with Gasteiger partial charge in [0.05, 0.1) is 5.56 Å². The Morgan fingerprint density at radius 3 is 2.13 bits per heavy atom. The lowest BCUT2D eigenvalue weighted by atomic mass is 9.98. The van der Waals surface area contributed by atoms with Crippen molar-refractivity contribution in [2.45, 2.75) is 19.0 Å². The Bertz CT molecular complexity index is 1140. The maximum Gasteiger partial charge on any atom is 0.425 e. The van der Waals surface area contributed by atoms with Crippen LogP contribution in [0.15, 0.2) is 48.5 Å². The first-order valence-corrected chi connectivity index (χ1v) is 10.1. The van der Waals surface area contributed by atoms with Crippen LogP contribution >= 0.6 is 11.3 Å². The van der Waals surface area contributed by atoms with Crippen molar-refractivity contribution in [2.75, 3.05) is 11.9 Å². The number of carboxylic acid groups (broad SMARTS) is 1. The van der Waals surface area contributed by atoms with E-state index in [9.17, 15) is 27.9 Å². The van der Waals surface area contributed by atoms with Crippen LogP contribution in [0.4, 0.5) is 23.0 Å². The summed E-state index contributed by atoms with van der Waals surface area (Å²) in [5, 5.41) is 11.1. The zero-order valence-corrected chi connectivity index (χ0v) is 16.9. The molecule has 0 saturated heterocycles. The molecule has 0 radical (unpaired) electrons. The van der Waals surface area contributed by atoms with Crippen LogP contribution in [0, 0.1) is 6.92 Å². The summed E-state index contributed by atoms with van der Waals surface area (Å²) in [6.45, 7) is 1.02. The standard InChI is InChI=1S/C22H16F3NO4S/c1-11-17(20(27)28)19(31-18(11)22(23,24)25)26-21(29)30-10-16-14-8-4-2-6-12(14)13-7-3-5-9-15(13)16/h2-9,16H,10H2,1H3,(H,26,29)(H,27,28). The number of thiophene rings is 1. The molecule has 1 amide bonds. The van der Waals surface area contributed by atoms with E-state index in [0.717, 1.165) is 29.2 Å². The number of fused-ring (bicyclic) bond motifs is 3. The lowest BCUT2D eigenvalue weighted by molar-refractivity contribution is -0.134. The van der Waals surface area contributed by atoms with Crippen LogP contribution in [-0.2, 0) is 10.9 Å². The second-order valence-electron chi connectivity index (χ2n) is 7.01. The molecule has 0 fully saturated rings. The van der Waals surface area contributed by atoms with Crippen molar-refractivity contribution in [3.8, 4) is 11.1 Å². The fourth-order valence-corrected chi connectivity index (χ4v) is 4.91. The summed E-state index contributed by atoms with van der Waals surface area (Å²) in [5.41, 5.74) is 2.99. The zero-order valence-electron chi connectivity index (χ0n) is 16.1. The molecule has 1 aliphatic carbocycles. The first-order valence-electron chi connectivity index (χ1n) is 9.24. The number of aromatic carboxylic acids is 1. The molecule has 9 heteroatoms. The molecule has 160 valence electrons. The Labute approximate surface area is 179 Å². The van der Waals surface area contributed by atoms with Crippen molar-refractivity contribution >= 4 is 28.4 Å². The number of carbonyl (C=O) groups excluding carboxylic acids is 1. The molecule has 1 aliphatic rings. The van der Waals surface area contributed by atoms with Gasteiger partial charge in [-0.15, -0.1) is 11.3 Å². The van der Waals surface area contributed by atoms with Gasteiger partial charge in [-0.3, -0.25) is 5.32 Å². The highest BCUT2D eigenvalue weighted by molar-refractivity contribution is 7.17. The molecular formula is C22H16F3NO4S. The van der Waals surface area contributed by atoms with Crippen molar-refractivity contribution in [3.05, 3.63) is 75.7 Å². The molecule has 0 aliphatic heterocycles. The third-order valence-corrected chi connectivity index (χ3v) is 6.43. The fraction of sp³-hybridized carbons (Fsp3) is 0.182. The highest BCUT2D eigenvalue weighted by atomic mass is 32.1. The highest BCUT2D eigenvalue weighted by Gasteiger charge is 2.38. The van der Waals surface area contributed by atoms with E-state index < -0.39 is 39.2 Å². The molecule has 2 N–H and O–H groups in total. The van der Waals surface area contributed by atoms with Gasteiger partial charge >= 0.3 is 18.2 Å². The van der Waals surface area contributed by atoms with Crippen molar-refractivity contribution in [1.29, 1.82) is 0 Å². The SMILES string of the molecule is Cc1c(C(F)(F)F)sc(NC(=O)OCC2c3ccccc3-c3ccccc32)c1C(=O)O. The first-order chi connectivity index (χ1) is 14.7. The third-order valence-electron chi connectivity index (χ3n) is 5.18. The lowest BCUT2D eigenvalue weighted by Crippen LogP contribution is -2.18.